The van der Waals surface area contributed by atoms with E-state index in [9.17, 15) is 0 Å². The van der Waals surface area contributed by atoms with Crippen molar-refractivity contribution in [1.82, 2.24) is 4.98 Å². The molecule has 2 rings (SSSR count). The molecular weight excluding hydrogens is 176 g/mol. The molecule has 1 atom stereocenters. The van der Waals surface area contributed by atoms with Gasteiger partial charge in [-0.3, -0.25) is 4.98 Å². The quantitative estimate of drug-likeness (QED) is 0.664. The first kappa shape index (κ1) is 9.29. The van der Waals surface area contributed by atoms with E-state index in [1.54, 1.807) is 6.20 Å². The van der Waals surface area contributed by atoms with Gasteiger partial charge in [-0.05, 0) is 12.1 Å². The van der Waals surface area contributed by atoms with Gasteiger partial charge in [-0.1, -0.05) is 0 Å². The van der Waals surface area contributed by atoms with Gasteiger partial charge in [-0.25, -0.2) is 0 Å². The third kappa shape index (κ3) is 1.52. The van der Waals surface area contributed by atoms with Crippen LogP contribution in [0.1, 0.15) is 18.2 Å². The maximum Gasteiger partial charge on any atom is 0.142 e. The van der Waals surface area contributed by atoms with E-state index >= 15 is 0 Å². The molecule has 0 fully saturated rings. The highest BCUT2D eigenvalue weighted by Crippen LogP contribution is 2.27. The zero-order valence-electron chi connectivity index (χ0n) is 6.56. The maximum absolute atomic E-state index is 5.80. The molecule has 1 aliphatic heterocycles. The van der Waals surface area contributed by atoms with Crippen LogP contribution in [0.2, 0.25) is 0 Å². The van der Waals surface area contributed by atoms with E-state index in [1.807, 2.05) is 12.1 Å². The van der Waals surface area contributed by atoms with Crippen molar-refractivity contribution in [3.63, 3.8) is 0 Å². The van der Waals surface area contributed by atoms with E-state index in [4.69, 9.17) is 10.5 Å². The average Bonchev–Trinajstić information content (AvgIpc) is 2.06. The summed E-state index contributed by atoms with van der Waals surface area (Å²) in [6.07, 6.45) is 2.61. The highest BCUT2D eigenvalue weighted by Gasteiger charge is 2.17. The fourth-order valence-corrected chi connectivity index (χ4v) is 1.24. The fraction of sp³-hybridized carbons (Fsp3) is 0.375. The molecule has 0 unspecified atom stereocenters. The number of nitrogens with two attached hydrogens (primary N) is 1. The van der Waals surface area contributed by atoms with E-state index < -0.39 is 0 Å². The number of rotatable bonds is 0. The van der Waals surface area contributed by atoms with Crippen LogP contribution >= 0.6 is 12.4 Å². The molecule has 12 heavy (non-hydrogen) atoms. The second-order valence-electron chi connectivity index (χ2n) is 2.63. The van der Waals surface area contributed by atoms with Crippen molar-refractivity contribution in [2.45, 2.75) is 12.5 Å². The molecule has 1 aromatic rings. The van der Waals surface area contributed by atoms with E-state index in [0.717, 1.165) is 17.9 Å². The monoisotopic (exact) mass is 186 g/mol. The van der Waals surface area contributed by atoms with Gasteiger partial charge < -0.3 is 10.5 Å². The number of halogens is 1. The molecule has 0 aromatic carbocycles. The Morgan fingerprint density at radius 3 is 3.17 bits per heavy atom. The van der Waals surface area contributed by atoms with Crippen LogP contribution in [0, 0.1) is 0 Å². The summed E-state index contributed by atoms with van der Waals surface area (Å²) in [7, 11) is 0. The Hall–Kier alpha value is -0.800. The second-order valence-corrected chi connectivity index (χ2v) is 2.63. The number of hydrogen-bond acceptors (Lipinski definition) is 3. The van der Waals surface area contributed by atoms with Gasteiger partial charge >= 0.3 is 0 Å². The standard InChI is InChI=1S/C8H10N2O.ClH/c9-6-3-5-11-7-2-1-4-10-8(6)7;/h1-2,4,6H,3,5,9H2;1H/t6-;/m0./s1. The summed E-state index contributed by atoms with van der Waals surface area (Å²) in [5, 5.41) is 0. The van der Waals surface area contributed by atoms with Crippen molar-refractivity contribution in [2.75, 3.05) is 6.61 Å². The molecule has 1 aromatic heterocycles. The van der Waals surface area contributed by atoms with Gasteiger partial charge in [0, 0.05) is 12.6 Å². The normalized spacial score (nSPS) is 20.2. The summed E-state index contributed by atoms with van der Waals surface area (Å²) in [5.74, 6) is 0.839. The van der Waals surface area contributed by atoms with Crippen molar-refractivity contribution in [3.8, 4) is 5.75 Å². The minimum Gasteiger partial charge on any atom is -0.492 e. The lowest BCUT2D eigenvalue weighted by molar-refractivity contribution is 0.264. The molecule has 4 heteroatoms. The van der Waals surface area contributed by atoms with Crippen molar-refractivity contribution in [1.29, 1.82) is 0 Å². The van der Waals surface area contributed by atoms with Crippen molar-refractivity contribution in [3.05, 3.63) is 24.0 Å². The van der Waals surface area contributed by atoms with Crippen LogP contribution in [-0.2, 0) is 0 Å². The summed E-state index contributed by atoms with van der Waals surface area (Å²) >= 11 is 0. The number of hydrogen-bond donors (Lipinski definition) is 1. The molecule has 3 nitrogen and oxygen atoms in total. The Kier molecular flexibility index (Phi) is 2.89. The van der Waals surface area contributed by atoms with E-state index in [0.29, 0.717) is 6.61 Å². The molecule has 0 saturated heterocycles. The molecule has 2 N–H and O–H groups in total. The zero-order valence-corrected chi connectivity index (χ0v) is 7.38. The van der Waals surface area contributed by atoms with Gasteiger partial charge in [0.15, 0.2) is 0 Å². The van der Waals surface area contributed by atoms with Crippen molar-refractivity contribution in [2.24, 2.45) is 5.73 Å². The zero-order chi connectivity index (χ0) is 7.68. The Labute approximate surface area is 77.3 Å². The smallest absolute Gasteiger partial charge is 0.142 e. The molecule has 66 valence electrons. The third-order valence-electron chi connectivity index (χ3n) is 1.84. The molecule has 0 aliphatic carbocycles. The van der Waals surface area contributed by atoms with E-state index in [1.165, 1.54) is 0 Å². The largest absolute Gasteiger partial charge is 0.492 e. The van der Waals surface area contributed by atoms with Crippen molar-refractivity contribution >= 4 is 12.4 Å². The lowest BCUT2D eigenvalue weighted by Crippen LogP contribution is -2.21. The number of aromatic nitrogens is 1. The summed E-state index contributed by atoms with van der Waals surface area (Å²) in [5.41, 5.74) is 6.69. The Bertz CT molecular complexity index is 267. The summed E-state index contributed by atoms with van der Waals surface area (Å²) in [4.78, 5) is 4.15. The van der Waals surface area contributed by atoms with Gasteiger partial charge in [0.2, 0.25) is 0 Å². The van der Waals surface area contributed by atoms with Crippen LogP contribution < -0.4 is 10.5 Å². The number of nitrogens with zero attached hydrogens (tertiary/aromatic N) is 1. The first-order valence-corrected chi connectivity index (χ1v) is 3.71. The van der Waals surface area contributed by atoms with Gasteiger partial charge in [-0.2, -0.15) is 0 Å². The third-order valence-corrected chi connectivity index (χ3v) is 1.84. The Morgan fingerprint density at radius 1 is 1.58 bits per heavy atom. The van der Waals surface area contributed by atoms with Crippen LogP contribution in [0.15, 0.2) is 18.3 Å². The molecule has 0 spiro atoms. The highest BCUT2D eigenvalue weighted by atomic mass is 35.5. The van der Waals surface area contributed by atoms with Crippen LogP contribution in [0.5, 0.6) is 5.75 Å². The maximum atomic E-state index is 5.80. The van der Waals surface area contributed by atoms with Gasteiger partial charge in [0.25, 0.3) is 0 Å². The van der Waals surface area contributed by atoms with Crippen LogP contribution in [0.25, 0.3) is 0 Å². The predicted octanol–water partition coefficient (Wildman–Crippen LogP) is 1.29. The second kappa shape index (κ2) is 3.74. The van der Waals surface area contributed by atoms with Crippen LogP contribution in [-0.4, -0.2) is 11.6 Å². The average molecular weight is 187 g/mol. The first-order valence-electron chi connectivity index (χ1n) is 3.71. The lowest BCUT2D eigenvalue weighted by Gasteiger charge is -2.20. The summed E-state index contributed by atoms with van der Waals surface area (Å²) in [6, 6.07) is 3.82. The topological polar surface area (TPSA) is 48.1 Å². The van der Waals surface area contributed by atoms with Crippen LogP contribution in [0.3, 0.4) is 0 Å². The van der Waals surface area contributed by atoms with E-state index in [2.05, 4.69) is 4.98 Å². The molecule has 1 aliphatic rings. The fourth-order valence-electron chi connectivity index (χ4n) is 1.24. The Morgan fingerprint density at radius 2 is 2.42 bits per heavy atom. The minimum atomic E-state index is 0. The van der Waals surface area contributed by atoms with Crippen LogP contribution in [0.4, 0.5) is 0 Å². The molecule has 0 radical (unpaired) electrons. The van der Waals surface area contributed by atoms with Gasteiger partial charge in [0.05, 0.1) is 18.3 Å². The highest BCUT2D eigenvalue weighted by molar-refractivity contribution is 5.85. The minimum absolute atomic E-state index is 0. The summed E-state index contributed by atoms with van der Waals surface area (Å²) < 4.78 is 5.35. The van der Waals surface area contributed by atoms with Gasteiger partial charge in [0.1, 0.15) is 5.75 Å². The first-order chi connectivity index (χ1) is 5.38. The van der Waals surface area contributed by atoms with Crippen molar-refractivity contribution < 1.29 is 4.74 Å². The Balaban J connectivity index is 0.000000720. The molecule has 0 bridgehead atoms. The molecule has 2 heterocycles. The number of pyridine rings is 1. The SMILES string of the molecule is Cl.N[C@H]1CCOc2cccnc21. The number of fused-ring (bicyclic) bond motifs is 1. The van der Waals surface area contributed by atoms with E-state index in [-0.39, 0.29) is 18.4 Å². The molecule has 0 amide bonds. The molecule has 0 saturated carbocycles. The summed E-state index contributed by atoms with van der Waals surface area (Å²) in [6.45, 7) is 0.708. The predicted molar refractivity (Wildman–Crippen MR) is 48.5 cm³/mol. The number of ether oxygens (including phenoxy) is 1. The molecular formula is C8H11ClN2O. The van der Waals surface area contributed by atoms with Gasteiger partial charge in [-0.15, -0.1) is 12.4 Å². The lowest BCUT2D eigenvalue weighted by atomic mass is 10.1.